The van der Waals surface area contributed by atoms with Crippen molar-refractivity contribution >= 4 is 17.7 Å². The van der Waals surface area contributed by atoms with Crippen molar-refractivity contribution < 1.29 is 24.2 Å². The van der Waals surface area contributed by atoms with Crippen molar-refractivity contribution in [3.05, 3.63) is 65.2 Å². The first kappa shape index (κ1) is 19.6. The van der Waals surface area contributed by atoms with E-state index in [2.05, 4.69) is 0 Å². The molecular weight excluding hydrogens is 360 g/mol. The summed E-state index contributed by atoms with van der Waals surface area (Å²) in [5, 5.41) is 10.3. The van der Waals surface area contributed by atoms with Gasteiger partial charge in [0.2, 0.25) is 5.91 Å². The van der Waals surface area contributed by atoms with Crippen LogP contribution in [0.2, 0.25) is 0 Å². The van der Waals surface area contributed by atoms with Gasteiger partial charge in [0.1, 0.15) is 5.75 Å². The molecule has 1 aliphatic heterocycles. The Morgan fingerprint density at radius 1 is 1.07 bits per heavy atom. The molecule has 3 rings (SSSR count). The van der Waals surface area contributed by atoms with Gasteiger partial charge in [-0.05, 0) is 29.8 Å². The van der Waals surface area contributed by atoms with Gasteiger partial charge in [-0.15, -0.1) is 0 Å². The average molecular weight is 382 g/mol. The van der Waals surface area contributed by atoms with Gasteiger partial charge in [0.25, 0.3) is 11.8 Å². The van der Waals surface area contributed by atoms with Crippen molar-refractivity contribution in [3.63, 3.8) is 0 Å². The van der Waals surface area contributed by atoms with Crippen LogP contribution in [-0.4, -0.2) is 59.9 Å². The normalized spacial score (nSPS) is 14.0. The molecule has 7 nitrogen and oxygen atoms in total. The van der Waals surface area contributed by atoms with Crippen molar-refractivity contribution in [2.24, 2.45) is 0 Å². The minimum atomic E-state index is -0.848. The summed E-state index contributed by atoms with van der Waals surface area (Å²) in [5.41, 5.74) is 1.40. The quantitative estimate of drug-likeness (QED) is 0.739. The summed E-state index contributed by atoms with van der Waals surface area (Å²) < 4.78 is 5.08. The Balaban J connectivity index is 1.54. The molecule has 0 bridgehead atoms. The van der Waals surface area contributed by atoms with Crippen LogP contribution in [0.1, 0.15) is 38.8 Å². The standard InChI is InChI=1S/C21H22N2O5/c1-22(13-18(24)14-7-9-15(28-2)10-8-14)19(25)11-12-23-20(26)16-5-3-4-6-17(16)21(23)27/h3-10,18,24H,11-13H2,1-2H3. The Bertz CT molecular complexity index is 859. The number of carbonyl (C=O) groups is 3. The lowest BCUT2D eigenvalue weighted by atomic mass is 10.1. The highest BCUT2D eigenvalue weighted by molar-refractivity contribution is 6.21. The van der Waals surface area contributed by atoms with E-state index in [4.69, 9.17) is 4.74 Å². The first-order valence-electron chi connectivity index (χ1n) is 8.93. The van der Waals surface area contributed by atoms with E-state index in [0.29, 0.717) is 22.4 Å². The minimum Gasteiger partial charge on any atom is -0.497 e. The zero-order chi connectivity index (χ0) is 20.3. The summed E-state index contributed by atoms with van der Waals surface area (Å²) in [6, 6.07) is 13.6. The van der Waals surface area contributed by atoms with Crippen LogP contribution in [0.5, 0.6) is 5.75 Å². The van der Waals surface area contributed by atoms with Gasteiger partial charge in [-0.2, -0.15) is 0 Å². The third kappa shape index (κ3) is 3.89. The van der Waals surface area contributed by atoms with Crippen molar-refractivity contribution in [2.45, 2.75) is 12.5 Å². The number of amides is 3. The highest BCUT2D eigenvalue weighted by Gasteiger charge is 2.35. The van der Waals surface area contributed by atoms with E-state index >= 15 is 0 Å². The second-order valence-corrected chi connectivity index (χ2v) is 6.62. The van der Waals surface area contributed by atoms with Crippen LogP contribution >= 0.6 is 0 Å². The zero-order valence-electron chi connectivity index (χ0n) is 15.8. The SMILES string of the molecule is COc1ccc(C(O)CN(C)C(=O)CCN2C(=O)c3ccccc3C2=O)cc1. The maximum atomic E-state index is 12.4. The Hall–Kier alpha value is -3.19. The summed E-state index contributed by atoms with van der Waals surface area (Å²) in [5.74, 6) is -0.339. The second-order valence-electron chi connectivity index (χ2n) is 6.62. The molecule has 1 unspecified atom stereocenters. The number of hydrogen-bond donors (Lipinski definition) is 1. The highest BCUT2D eigenvalue weighted by Crippen LogP contribution is 2.23. The first-order chi connectivity index (χ1) is 13.4. The minimum absolute atomic E-state index is 0.00268. The molecule has 1 atom stereocenters. The fourth-order valence-electron chi connectivity index (χ4n) is 3.13. The molecule has 28 heavy (non-hydrogen) atoms. The van der Waals surface area contributed by atoms with Gasteiger partial charge in [0.05, 0.1) is 30.9 Å². The topological polar surface area (TPSA) is 87.2 Å². The predicted molar refractivity (Wildman–Crippen MR) is 102 cm³/mol. The second kappa shape index (κ2) is 8.22. The number of imide groups is 1. The molecule has 1 N–H and O–H groups in total. The molecule has 1 heterocycles. The summed E-state index contributed by atoms with van der Waals surface area (Å²) in [7, 11) is 3.14. The lowest BCUT2D eigenvalue weighted by molar-refractivity contribution is -0.131. The molecular formula is C21H22N2O5. The largest absolute Gasteiger partial charge is 0.497 e. The van der Waals surface area contributed by atoms with Crippen molar-refractivity contribution in [1.82, 2.24) is 9.80 Å². The van der Waals surface area contributed by atoms with Crippen LogP contribution in [0.4, 0.5) is 0 Å². The van der Waals surface area contributed by atoms with Crippen LogP contribution in [0, 0.1) is 0 Å². The number of aliphatic hydroxyl groups is 1. The smallest absolute Gasteiger partial charge is 0.261 e. The maximum Gasteiger partial charge on any atom is 0.261 e. The van der Waals surface area contributed by atoms with Crippen LogP contribution in [-0.2, 0) is 4.79 Å². The summed E-state index contributed by atoms with van der Waals surface area (Å²) in [6.07, 6.45) is -0.851. The Labute approximate surface area is 163 Å². The number of carbonyl (C=O) groups excluding carboxylic acids is 3. The molecule has 0 aromatic heterocycles. The monoisotopic (exact) mass is 382 g/mol. The van der Waals surface area contributed by atoms with E-state index in [-0.39, 0.29) is 37.2 Å². The Morgan fingerprint density at radius 3 is 2.18 bits per heavy atom. The van der Waals surface area contributed by atoms with Gasteiger partial charge >= 0.3 is 0 Å². The molecule has 2 aromatic rings. The van der Waals surface area contributed by atoms with Gasteiger partial charge < -0.3 is 14.7 Å². The van der Waals surface area contributed by atoms with E-state index < -0.39 is 6.10 Å². The van der Waals surface area contributed by atoms with Crippen molar-refractivity contribution in [2.75, 3.05) is 27.2 Å². The maximum absolute atomic E-state index is 12.4. The number of fused-ring (bicyclic) bond motifs is 1. The van der Waals surface area contributed by atoms with Gasteiger partial charge in [-0.3, -0.25) is 19.3 Å². The molecule has 7 heteroatoms. The number of aliphatic hydroxyl groups excluding tert-OH is 1. The molecule has 0 fully saturated rings. The number of ether oxygens (including phenoxy) is 1. The van der Waals surface area contributed by atoms with Gasteiger partial charge in [0.15, 0.2) is 0 Å². The highest BCUT2D eigenvalue weighted by atomic mass is 16.5. The number of hydrogen-bond acceptors (Lipinski definition) is 5. The van der Waals surface area contributed by atoms with Gasteiger partial charge in [0, 0.05) is 20.0 Å². The number of rotatable bonds is 7. The third-order valence-corrected chi connectivity index (χ3v) is 4.80. The molecule has 2 aromatic carbocycles. The Morgan fingerprint density at radius 2 is 1.64 bits per heavy atom. The average Bonchev–Trinajstić information content (AvgIpc) is 2.96. The van der Waals surface area contributed by atoms with Crippen LogP contribution < -0.4 is 4.74 Å². The van der Waals surface area contributed by atoms with Gasteiger partial charge in [-0.25, -0.2) is 0 Å². The molecule has 0 saturated heterocycles. The number of likely N-dealkylation sites (N-methyl/N-ethyl adjacent to an activating group) is 1. The Kier molecular flexibility index (Phi) is 5.75. The summed E-state index contributed by atoms with van der Waals surface area (Å²) in [6.45, 7) is 0.113. The number of methoxy groups -OCH3 is 1. The van der Waals surface area contributed by atoms with E-state index in [9.17, 15) is 19.5 Å². The first-order valence-corrected chi connectivity index (χ1v) is 8.93. The van der Waals surface area contributed by atoms with E-state index in [0.717, 1.165) is 4.90 Å². The molecule has 3 amide bonds. The zero-order valence-corrected chi connectivity index (χ0v) is 15.8. The van der Waals surface area contributed by atoms with E-state index in [1.165, 1.54) is 4.90 Å². The molecule has 0 saturated carbocycles. The molecule has 0 radical (unpaired) electrons. The fourth-order valence-corrected chi connectivity index (χ4v) is 3.13. The molecule has 146 valence electrons. The lowest BCUT2D eigenvalue weighted by Crippen LogP contribution is -2.36. The molecule has 0 spiro atoms. The third-order valence-electron chi connectivity index (χ3n) is 4.80. The summed E-state index contributed by atoms with van der Waals surface area (Å²) >= 11 is 0. The lowest BCUT2D eigenvalue weighted by Gasteiger charge is -2.22. The van der Waals surface area contributed by atoms with E-state index in [1.54, 1.807) is 62.7 Å². The number of nitrogens with zero attached hydrogens (tertiary/aromatic N) is 2. The van der Waals surface area contributed by atoms with Crippen LogP contribution in [0.3, 0.4) is 0 Å². The van der Waals surface area contributed by atoms with E-state index in [1.807, 2.05) is 0 Å². The van der Waals surface area contributed by atoms with Crippen LogP contribution in [0.15, 0.2) is 48.5 Å². The predicted octanol–water partition coefficient (Wildman–Crippen LogP) is 1.87. The van der Waals surface area contributed by atoms with Crippen LogP contribution in [0.25, 0.3) is 0 Å². The fraction of sp³-hybridized carbons (Fsp3) is 0.286. The van der Waals surface area contributed by atoms with Crippen molar-refractivity contribution in [3.8, 4) is 5.75 Å². The number of benzene rings is 2. The van der Waals surface area contributed by atoms with Crippen molar-refractivity contribution in [1.29, 1.82) is 0 Å². The molecule has 0 aliphatic carbocycles. The van der Waals surface area contributed by atoms with Gasteiger partial charge in [-0.1, -0.05) is 24.3 Å². The summed E-state index contributed by atoms with van der Waals surface area (Å²) in [4.78, 5) is 39.6. The molecule has 1 aliphatic rings.